The van der Waals surface area contributed by atoms with E-state index in [9.17, 15) is 39.0 Å². The number of nitrogens with two attached hydrogens (primary N) is 1. The number of ketones is 4. The molecule has 5 atom stereocenters. The lowest BCUT2D eigenvalue weighted by atomic mass is 9.53. The molecule has 0 bridgehead atoms. The lowest BCUT2D eigenvalue weighted by molar-refractivity contribution is -0.175. The first-order valence-electron chi connectivity index (χ1n) is 12.2. The second-order valence-electron chi connectivity index (χ2n) is 10.6. The van der Waals surface area contributed by atoms with Gasteiger partial charge in [-0.2, -0.15) is 0 Å². The highest BCUT2D eigenvalue weighted by molar-refractivity contribution is 6.31. The molecule has 1 aromatic carbocycles. The first-order chi connectivity index (χ1) is 17.9. The Labute approximate surface area is 217 Å². The predicted octanol–water partition coefficient (Wildman–Crippen LogP) is 0.0552. The molecule has 2 saturated carbocycles. The van der Waals surface area contributed by atoms with Crippen LogP contribution in [0.5, 0.6) is 5.75 Å². The standard InChI is InChI=1S/C27H27N3O8/c1-29(2)17-7-14(10-30-4-3-12(9-30)11-31)22(33)20-16(17)6-13-5-15-8-18(32)21(26(28)37)25(36)27(15,38)24(35)19(13)23(20)34/h3-4,7,9,11,13,15,19,21,33,38H,5-6,8,10H2,1-2H3,(H2,28,37)/t13-,15+,19?,21?,27+/m1/s1. The smallest absolute Gasteiger partial charge is 0.235 e. The van der Waals surface area contributed by atoms with Crippen LogP contribution in [0.25, 0.3) is 0 Å². The number of Topliss-reactive ketones (excluding diaryl/α,β-unsaturated/α-hetero) is 4. The Morgan fingerprint density at radius 1 is 1.21 bits per heavy atom. The highest BCUT2D eigenvalue weighted by atomic mass is 16.3. The van der Waals surface area contributed by atoms with E-state index in [1.165, 1.54) is 0 Å². The van der Waals surface area contributed by atoms with E-state index in [1.54, 1.807) is 48.1 Å². The van der Waals surface area contributed by atoms with Crippen LogP contribution in [0.15, 0.2) is 24.5 Å². The Balaban J connectivity index is 1.60. The second-order valence-corrected chi connectivity index (χ2v) is 10.6. The Morgan fingerprint density at radius 2 is 1.92 bits per heavy atom. The van der Waals surface area contributed by atoms with Crippen LogP contribution >= 0.6 is 0 Å². The molecule has 0 spiro atoms. The minimum atomic E-state index is -2.68. The van der Waals surface area contributed by atoms with E-state index in [0.29, 0.717) is 28.7 Å². The molecule has 2 fully saturated rings. The van der Waals surface area contributed by atoms with Gasteiger partial charge in [0.1, 0.15) is 5.75 Å². The number of phenolic OH excluding ortho intramolecular Hbond substituents is 1. The molecule has 2 unspecified atom stereocenters. The molecule has 11 heteroatoms. The van der Waals surface area contributed by atoms with E-state index in [2.05, 4.69) is 0 Å². The van der Waals surface area contributed by atoms with Crippen LogP contribution in [-0.2, 0) is 32.1 Å². The van der Waals surface area contributed by atoms with Crippen LogP contribution in [0.2, 0.25) is 0 Å². The second kappa shape index (κ2) is 8.73. The minimum absolute atomic E-state index is 0.0360. The van der Waals surface area contributed by atoms with Crippen LogP contribution < -0.4 is 10.6 Å². The third-order valence-electron chi connectivity index (χ3n) is 8.20. The molecule has 4 N–H and O–H groups in total. The number of hydrogen-bond acceptors (Lipinski definition) is 9. The summed E-state index contributed by atoms with van der Waals surface area (Å²) >= 11 is 0. The summed E-state index contributed by atoms with van der Waals surface area (Å²) in [7, 11) is 3.56. The fourth-order valence-corrected chi connectivity index (χ4v) is 6.41. The van der Waals surface area contributed by atoms with E-state index < -0.39 is 58.3 Å². The fraction of sp³-hybridized carbons (Fsp3) is 0.407. The first-order valence-corrected chi connectivity index (χ1v) is 12.2. The third kappa shape index (κ3) is 3.52. The molecular weight excluding hydrogens is 494 g/mol. The van der Waals surface area contributed by atoms with Crippen molar-refractivity contribution in [2.24, 2.45) is 29.4 Å². The number of rotatable bonds is 5. The number of aldehydes is 1. The number of primary amides is 1. The molecule has 1 aromatic heterocycles. The predicted molar refractivity (Wildman–Crippen MR) is 132 cm³/mol. The van der Waals surface area contributed by atoms with E-state index >= 15 is 0 Å². The molecule has 0 saturated heterocycles. The van der Waals surface area contributed by atoms with Crippen LogP contribution in [0.3, 0.4) is 0 Å². The Hall–Kier alpha value is -4.12. The molecule has 0 radical (unpaired) electrons. The number of hydrogen-bond donors (Lipinski definition) is 3. The summed E-state index contributed by atoms with van der Waals surface area (Å²) in [5.74, 6) is -10.4. The van der Waals surface area contributed by atoms with Crippen LogP contribution in [0.1, 0.15) is 44.7 Å². The molecule has 3 aliphatic carbocycles. The van der Waals surface area contributed by atoms with Crippen molar-refractivity contribution in [1.29, 1.82) is 0 Å². The van der Waals surface area contributed by atoms with E-state index in [0.717, 1.165) is 0 Å². The maximum atomic E-state index is 13.9. The molecular formula is C27H27N3O8. The van der Waals surface area contributed by atoms with Crippen molar-refractivity contribution >= 4 is 41.0 Å². The number of aromatic nitrogens is 1. The van der Waals surface area contributed by atoms with Gasteiger partial charge in [0.2, 0.25) is 5.91 Å². The van der Waals surface area contributed by atoms with Crippen molar-refractivity contribution in [1.82, 2.24) is 4.57 Å². The Kier molecular flexibility index (Phi) is 5.86. The summed E-state index contributed by atoms with van der Waals surface area (Å²) in [6.45, 7) is 0.135. The highest BCUT2D eigenvalue weighted by Gasteiger charge is 2.66. The molecule has 38 heavy (non-hydrogen) atoms. The highest BCUT2D eigenvalue weighted by Crippen LogP contribution is 2.51. The van der Waals surface area contributed by atoms with Crippen molar-refractivity contribution in [3.05, 3.63) is 46.8 Å². The monoisotopic (exact) mass is 521 g/mol. The fourth-order valence-electron chi connectivity index (χ4n) is 6.41. The van der Waals surface area contributed by atoms with Crippen molar-refractivity contribution in [3.8, 4) is 5.75 Å². The zero-order chi connectivity index (χ0) is 27.7. The number of fused-ring (bicyclic) bond motifs is 3. The normalized spacial score (nSPS) is 28.4. The van der Waals surface area contributed by atoms with Gasteiger partial charge >= 0.3 is 0 Å². The number of amides is 1. The van der Waals surface area contributed by atoms with Gasteiger partial charge in [-0.1, -0.05) is 0 Å². The van der Waals surface area contributed by atoms with Gasteiger partial charge in [-0.05, 0) is 36.5 Å². The van der Waals surface area contributed by atoms with Gasteiger partial charge in [0.15, 0.2) is 40.9 Å². The van der Waals surface area contributed by atoms with E-state index in [-0.39, 0.29) is 37.1 Å². The molecule has 3 aliphatic rings. The van der Waals surface area contributed by atoms with Crippen LogP contribution in [0, 0.1) is 23.7 Å². The summed E-state index contributed by atoms with van der Waals surface area (Å²) in [6, 6.07) is 3.35. The summed E-state index contributed by atoms with van der Waals surface area (Å²) < 4.78 is 1.67. The Bertz CT molecular complexity index is 1440. The zero-order valence-corrected chi connectivity index (χ0v) is 20.8. The topological polar surface area (TPSA) is 177 Å². The van der Waals surface area contributed by atoms with Gasteiger partial charge in [-0.3, -0.25) is 28.8 Å². The molecule has 1 amide bonds. The maximum Gasteiger partial charge on any atom is 0.235 e. The molecule has 2 aromatic rings. The minimum Gasteiger partial charge on any atom is -0.507 e. The molecule has 198 valence electrons. The maximum absolute atomic E-state index is 13.9. The number of aliphatic hydroxyl groups is 1. The van der Waals surface area contributed by atoms with Crippen molar-refractivity contribution in [3.63, 3.8) is 0 Å². The molecule has 11 nitrogen and oxygen atoms in total. The number of anilines is 1. The van der Waals surface area contributed by atoms with Crippen molar-refractivity contribution in [2.45, 2.75) is 31.4 Å². The van der Waals surface area contributed by atoms with Gasteiger partial charge in [0.25, 0.3) is 0 Å². The Morgan fingerprint density at radius 3 is 2.53 bits per heavy atom. The summed E-state index contributed by atoms with van der Waals surface area (Å²) in [5.41, 5.74) is 4.48. The summed E-state index contributed by atoms with van der Waals surface area (Å²) in [6.07, 6.45) is 3.79. The third-order valence-corrected chi connectivity index (χ3v) is 8.20. The number of nitrogens with zero attached hydrogens (tertiary/aromatic N) is 2. The lowest BCUT2D eigenvalue weighted by Crippen LogP contribution is -2.68. The quantitative estimate of drug-likeness (QED) is 0.362. The average Bonchev–Trinajstić information content (AvgIpc) is 3.30. The summed E-state index contributed by atoms with van der Waals surface area (Å²) in [5, 5.41) is 22.6. The number of carbonyl (C=O) groups is 6. The number of phenols is 1. The van der Waals surface area contributed by atoms with Gasteiger partial charge in [-0.25, -0.2) is 0 Å². The first kappa shape index (κ1) is 25.5. The molecule has 5 rings (SSSR count). The lowest BCUT2D eigenvalue weighted by Gasteiger charge is -2.48. The number of benzene rings is 1. The van der Waals surface area contributed by atoms with E-state index in [1.807, 2.05) is 0 Å². The van der Waals surface area contributed by atoms with Crippen molar-refractivity contribution < 1.29 is 39.0 Å². The summed E-state index contributed by atoms with van der Waals surface area (Å²) in [4.78, 5) is 77.8. The van der Waals surface area contributed by atoms with Crippen LogP contribution in [-0.4, -0.2) is 69.8 Å². The number of aromatic hydroxyl groups is 1. The van der Waals surface area contributed by atoms with Gasteiger partial charge in [0, 0.05) is 55.6 Å². The van der Waals surface area contributed by atoms with Gasteiger partial charge < -0.3 is 25.4 Å². The van der Waals surface area contributed by atoms with E-state index in [4.69, 9.17) is 5.73 Å². The average molecular weight is 522 g/mol. The largest absolute Gasteiger partial charge is 0.507 e. The van der Waals surface area contributed by atoms with Crippen LogP contribution in [0.4, 0.5) is 5.69 Å². The molecule has 0 aliphatic heterocycles. The molecule has 1 heterocycles. The number of carbonyl (C=O) groups excluding carboxylic acids is 6. The van der Waals surface area contributed by atoms with Gasteiger partial charge in [-0.15, -0.1) is 0 Å². The zero-order valence-electron chi connectivity index (χ0n) is 20.8. The SMILES string of the molecule is CN(C)c1cc(Cn2ccc(C=O)c2)c(O)c2c1C[C@H]1C[C@H]3CC(=O)C(C(N)=O)C(=O)[C@@]3(O)C(=O)C1C2=O. The van der Waals surface area contributed by atoms with Crippen molar-refractivity contribution in [2.75, 3.05) is 19.0 Å². The van der Waals surface area contributed by atoms with Gasteiger partial charge in [0.05, 0.1) is 18.0 Å².